The summed E-state index contributed by atoms with van der Waals surface area (Å²) in [5, 5.41) is 19.6. The van der Waals surface area contributed by atoms with Crippen molar-refractivity contribution in [2.24, 2.45) is 11.8 Å². The molecule has 3 rings (SSSR count). The summed E-state index contributed by atoms with van der Waals surface area (Å²) < 4.78 is 22.9. The number of carbonyl (C=O) groups is 2. The molecule has 1 aromatic heterocycles. The molecule has 2 aromatic rings. The summed E-state index contributed by atoms with van der Waals surface area (Å²) >= 11 is 0. The van der Waals surface area contributed by atoms with Gasteiger partial charge in [-0.1, -0.05) is 24.3 Å². The maximum Gasteiger partial charge on any atom is 0.307 e. The van der Waals surface area contributed by atoms with Crippen molar-refractivity contribution >= 4 is 27.4 Å². The van der Waals surface area contributed by atoms with Crippen LogP contribution in [0.1, 0.15) is 12.8 Å². The number of hydrogen-bond donors (Lipinski definition) is 2. The van der Waals surface area contributed by atoms with Crippen molar-refractivity contribution in [3.63, 3.8) is 0 Å². The van der Waals surface area contributed by atoms with Gasteiger partial charge < -0.3 is 10.4 Å². The Balaban J connectivity index is 1.71. The van der Waals surface area contributed by atoms with Crippen molar-refractivity contribution in [2.75, 3.05) is 11.6 Å². The van der Waals surface area contributed by atoms with E-state index >= 15 is 0 Å². The van der Waals surface area contributed by atoms with E-state index in [1.807, 2.05) is 6.08 Å². The molecule has 8 nitrogen and oxygen atoms in total. The van der Waals surface area contributed by atoms with Gasteiger partial charge in [-0.3, -0.25) is 9.59 Å². The van der Waals surface area contributed by atoms with Crippen molar-refractivity contribution in [1.82, 2.24) is 10.2 Å². The van der Waals surface area contributed by atoms with Crippen LogP contribution in [-0.2, 0) is 19.4 Å². The molecule has 146 valence electrons. The van der Waals surface area contributed by atoms with Crippen LogP contribution in [0.2, 0.25) is 0 Å². The number of carbonyl (C=O) groups excluding carboxylic acids is 1. The first-order valence-corrected chi connectivity index (χ1v) is 10.5. The third-order valence-corrected chi connectivity index (χ3v) is 5.53. The molecule has 9 heteroatoms. The SMILES string of the molecule is CS(=O)(=O)c1ccc(-c2ccc(NC(=O)C3CC=CCC3C(=O)O)cc2)nn1. The van der Waals surface area contributed by atoms with E-state index in [1.54, 1.807) is 36.4 Å². The number of anilines is 1. The lowest BCUT2D eigenvalue weighted by Gasteiger charge is -2.24. The Labute approximate surface area is 162 Å². The summed E-state index contributed by atoms with van der Waals surface area (Å²) in [6.07, 6.45) is 5.40. The van der Waals surface area contributed by atoms with E-state index in [2.05, 4.69) is 15.5 Å². The predicted molar refractivity (Wildman–Crippen MR) is 102 cm³/mol. The summed E-state index contributed by atoms with van der Waals surface area (Å²) in [4.78, 5) is 23.8. The van der Waals surface area contributed by atoms with Crippen LogP contribution in [0.4, 0.5) is 5.69 Å². The number of carboxylic acid groups (broad SMARTS) is 1. The smallest absolute Gasteiger partial charge is 0.307 e. The van der Waals surface area contributed by atoms with Crippen molar-refractivity contribution in [2.45, 2.75) is 17.9 Å². The van der Waals surface area contributed by atoms with Gasteiger partial charge in [0.25, 0.3) is 0 Å². The minimum absolute atomic E-state index is 0.102. The van der Waals surface area contributed by atoms with Gasteiger partial charge in [0.05, 0.1) is 17.5 Å². The van der Waals surface area contributed by atoms with Gasteiger partial charge in [-0.2, -0.15) is 0 Å². The van der Waals surface area contributed by atoms with Crippen molar-refractivity contribution in [3.8, 4) is 11.3 Å². The second kappa shape index (κ2) is 7.89. The highest BCUT2D eigenvalue weighted by Crippen LogP contribution is 2.27. The molecule has 28 heavy (non-hydrogen) atoms. The zero-order valence-electron chi connectivity index (χ0n) is 15.1. The summed E-state index contributed by atoms with van der Waals surface area (Å²) in [7, 11) is -3.41. The standard InChI is InChI=1S/C19H19N3O5S/c1-28(26,27)17-11-10-16(21-22-17)12-6-8-13(9-7-12)20-18(23)14-4-2-3-5-15(14)19(24)25/h2-3,6-11,14-15H,4-5H2,1H3,(H,20,23)(H,24,25). The molecule has 0 saturated heterocycles. The Hall–Kier alpha value is -3.07. The number of amides is 1. The number of aliphatic carboxylic acids is 1. The molecule has 0 radical (unpaired) electrons. The molecule has 2 atom stereocenters. The van der Waals surface area contributed by atoms with Gasteiger partial charge in [0.15, 0.2) is 14.9 Å². The molecule has 0 aliphatic heterocycles. The van der Waals surface area contributed by atoms with E-state index in [1.165, 1.54) is 6.07 Å². The van der Waals surface area contributed by atoms with Crippen LogP contribution in [0, 0.1) is 11.8 Å². The second-order valence-corrected chi connectivity index (χ2v) is 8.55. The van der Waals surface area contributed by atoms with Gasteiger partial charge in [0.1, 0.15) is 0 Å². The van der Waals surface area contributed by atoms with Crippen LogP contribution in [-0.4, -0.2) is 41.9 Å². The van der Waals surface area contributed by atoms with E-state index in [0.717, 1.165) is 6.26 Å². The van der Waals surface area contributed by atoms with Gasteiger partial charge >= 0.3 is 5.97 Å². The monoisotopic (exact) mass is 401 g/mol. The summed E-state index contributed by atoms with van der Waals surface area (Å²) in [6.45, 7) is 0. The molecule has 1 heterocycles. The number of hydrogen-bond acceptors (Lipinski definition) is 6. The van der Waals surface area contributed by atoms with E-state index in [-0.39, 0.29) is 10.9 Å². The average molecular weight is 401 g/mol. The van der Waals surface area contributed by atoms with Crippen molar-refractivity contribution < 1.29 is 23.1 Å². The fourth-order valence-electron chi connectivity index (χ4n) is 3.01. The third-order valence-electron chi connectivity index (χ3n) is 4.55. The summed E-state index contributed by atoms with van der Waals surface area (Å²) in [5.74, 6) is -2.65. The minimum atomic E-state index is -3.41. The fraction of sp³-hybridized carbons (Fsp3) is 0.263. The third kappa shape index (κ3) is 4.42. The Morgan fingerprint density at radius 3 is 2.18 bits per heavy atom. The fourth-order valence-corrected chi connectivity index (χ4v) is 3.51. The van der Waals surface area contributed by atoms with Crippen LogP contribution in [0.5, 0.6) is 0 Å². The van der Waals surface area contributed by atoms with E-state index in [4.69, 9.17) is 0 Å². The van der Waals surface area contributed by atoms with E-state index in [9.17, 15) is 23.1 Å². The molecule has 1 aromatic carbocycles. The molecule has 1 aliphatic carbocycles. The highest BCUT2D eigenvalue weighted by atomic mass is 32.2. The maximum absolute atomic E-state index is 12.5. The maximum atomic E-state index is 12.5. The van der Waals surface area contributed by atoms with Crippen molar-refractivity contribution in [3.05, 3.63) is 48.6 Å². The van der Waals surface area contributed by atoms with Gasteiger partial charge in [-0.15, -0.1) is 10.2 Å². The number of nitrogens with one attached hydrogen (secondary N) is 1. The zero-order chi connectivity index (χ0) is 20.3. The lowest BCUT2D eigenvalue weighted by molar-refractivity contribution is -0.146. The molecule has 0 bridgehead atoms. The van der Waals surface area contributed by atoms with Crippen LogP contribution >= 0.6 is 0 Å². The Morgan fingerprint density at radius 1 is 1.00 bits per heavy atom. The number of carboxylic acids is 1. The highest BCUT2D eigenvalue weighted by Gasteiger charge is 2.33. The van der Waals surface area contributed by atoms with Crippen LogP contribution < -0.4 is 5.32 Å². The quantitative estimate of drug-likeness (QED) is 0.735. The van der Waals surface area contributed by atoms with Gasteiger partial charge in [0, 0.05) is 17.5 Å². The number of sulfone groups is 1. The Bertz CT molecular complexity index is 1010. The molecule has 0 fully saturated rings. The first-order valence-electron chi connectivity index (χ1n) is 8.58. The van der Waals surface area contributed by atoms with Gasteiger partial charge in [-0.25, -0.2) is 8.42 Å². The number of benzene rings is 1. The largest absolute Gasteiger partial charge is 0.481 e. The van der Waals surface area contributed by atoms with Crippen LogP contribution in [0.25, 0.3) is 11.3 Å². The summed E-state index contributed by atoms with van der Waals surface area (Å²) in [5.41, 5.74) is 1.73. The Kier molecular flexibility index (Phi) is 5.55. The molecule has 0 spiro atoms. The average Bonchev–Trinajstić information content (AvgIpc) is 2.68. The van der Waals surface area contributed by atoms with Gasteiger partial charge in [0.2, 0.25) is 5.91 Å². The van der Waals surface area contributed by atoms with Crippen LogP contribution in [0.15, 0.2) is 53.6 Å². The Morgan fingerprint density at radius 2 is 1.64 bits per heavy atom. The number of allylic oxidation sites excluding steroid dienone is 2. The molecule has 0 saturated carbocycles. The normalized spacial score (nSPS) is 19.2. The first-order chi connectivity index (χ1) is 13.3. The lowest BCUT2D eigenvalue weighted by atomic mass is 9.82. The van der Waals surface area contributed by atoms with Gasteiger partial charge in [-0.05, 0) is 37.1 Å². The molecule has 1 aliphatic rings. The highest BCUT2D eigenvalue weighted by molar-refractivity contribution is 7.90. The molecule has 2 N–H and O–H groups in total. The zero-order valence-corrected chi connectivity index (χ0v) is 15.9. The number of aromatic nitrogens is 2. The van der Waals surface area contributed by atoms with E-state index in [0.29, 0.717) is 29.8 Å². The molecular formula is C19H19N3O5S. The number of rotatable bonds is 5. The summed E-state index contributed by atoms with van der Waals surface area (Å²) in [6, 6.07) is 9.73. The van der Waals surface area contributed by atoms with Crippen molar-refractivity contribution in [1.29, 1.82) is 0 Å². The second-order valence-electron chi connectivity index (χ2n) is 6.59. The first kappa shape index (κ1) is 19.7. The molecule has 1 amide bonds. The van der Waals surface area contributed by atoms with Crippen LogP contribution in [0.3, 0.4) is 0 Å². The topological polar surface area (TPSA) is 126 Å². The lowest BCUT2D eigenvalue weighted by Crippen LogP contribution is -2.34. The number of nitrogens with zero attached hydrogens (tertiary/aromatic N) is 2. The predicted octanol–water partition coefficient (Wildman–Crippen LogP) is 2.15. The van der Waals surface area contributed by atoms with E-state index < -0.39 is 27.6 Å². The molecule has 2 unspecified atom stereocenters. The minimum Gasteiger partial charge on any atom is -0.481 e. The molecular weight excluding hydrogens is 382 g/mol.